The summed E-state index contributed by atoms with van der Waals surface area (Å²) >= 11 is 0. The Hall–Kier alpha value is -2.88. The SMILES string of the molecule is CC1=NN(c2ccccc2)C(=O)/C1=C\N1CCc2ccccc2C1. The van der Waals surface area contributed by atoms with E-state index in [0.717, 1.165) is 30.9 Å². The summed E-state index contributed by atoms with van der Waals surface area (Å²) in [4.78, 5) is 15.0. The number of anilines is 1. The monoisotopic (exact) mass is 317 g/mol. The molecule has 0 radical (unpaired) electrons. The summed E-state index contributed by atoms with van der Waals surface area (Å²) in [6.07, 6.45) is 2.98. The summed E-state index contributed by atoms with van der Waals surface area (Å²) in [6.45, 7) is 3.66. The van der Waals surface area contributed by atoms with Gasteiger partial charge in [0.25, 0.3) is 5.91 Å². The second-order valence-electron chi connectivity index (χ2n) is 6.17. The van der Waals surface area contributed by atoms with Gasteiger partial charge in [-0.25, -0.2) is 0 Å². The van der Waals surface area contributed by atoms with Crippen LogP contribution in [0, 0.1) is 0 Å². The summed E-state index contributed by atoms with van der Waals surface area (Å²) in [5.74, 6) is -0.0578. The van der Waals surface area contributed by atoms with Crippen molar-refractivity contribution in [2.45, 2.75) is 19.9 Å². The van der Waals surface area contributed by atoms with Gasteiger partial charge in [-0.15, -0.1) is 0 Å². The maximum Gasteiger partial charge on any atom is 0.282 e. The third kappa shape index (κ3) is 2.60. The normalized spacial score (nSPS) is 18.8. The zero-order chi connectivity index (χ0) is 16.5. The maximum absolute atomic E-state index is 12.8. The van der Waals surface area contributed by atoms with Crippen LogP contribution in [0.2, 0.25) is 0 Å². The Labute approximate surface area is 141 Å². The van der Waals surface area contributed by atoms with Crippen molar-refractivity contribution in [1.29, 1.82) is 0 Å². The van der Waals surface area contributed by atoms with Gasteiger partial charge in [0.2, 0.25) is 0 Å². The second-order valence-corrected chi connectivity index (χ2v) is 6.17. The van der Waals surface area contributed by atoms with Crippen molar-refractivity contribution < 1.29 is 4.79 Å². The van der Waals surface area contributed by atoms with E-state index in [1.54, 1.807) is 0 Å². The molecular formula is C20H19N3O. The average molecular weight is 317 g/mol. The molecule has 2 aromatic carbocycles. The number of para-hydroxylation sites is 1. The summed E-state index contributed by atoms with van der Waals surface area (Å²) < 4.78 is 0. The lowest BCUT2D eigenvalue weighted by atomic mass is 10.00. The van der Waals surface area contributed by atoms with E-state index in [-0.39, 0.29) is 5.91 Å². The van der Waals surface area contributed by atoms with Crippen LogP contribution in [0.25, 0.3) is 0 Å². The van der Waals surface area contributed by atoms with Gasteiger partial charge >= 0.3 is 0 Å². The Kier molecular flexibility index (Phi) is 3.65. The molecule has 4 heteroatoms. The van der Waals surface area contributed by atoms with Crippen molar-refractivity contribution in [3.8, 4) is 0 Å². The first-order valence-electron chi connectivity index (χ1n) is 8.20. The number of hydrazone groups is 1. The van der Waals surface area contributed by atoms with Crippen LogP contribution < -0.4 is 5.01 Å². The standard InChI is InChI=1S/C20H19N3O/c1-15-19(20(24)23(21-15)18-9-3-2-4-10-18)14-22-12-11-16-7-5-6-8-17(16)13-22/h2-10,14H,11-13H2,1H3/b19-14-. The molecule has 0 saturated heterocycles. The Morgan fingerprint density at radius 2 is 1.71 bits per heavy atom. The molecule has 0 saturated carbocycles. The molecule has 2 aromatic rings. The van der Waals surface area contributed by atoms with Crippen LogP contribution in [0.5, 0.6) is 0 Å². The molecule has 0 aromatic heterocycles. The molecule has 2 aliphatic heterocycles. The van der Waals surface area contributed by atoms with Gasteiger partial charge in [-0.1, -0.05) is 42.5 Å². The number of benzene rings is 2. The number of hydrogen-bond acceptors (Lipinski definition) is 3. The van der Waals surface area contributed by atoms with Crippen molar-refractivity contribution in [2.75, 3.05) is 11.6 Å². The highest BCUT2D eigenvalue weighted by atomic mass is 16.2. The molecule has 0 N–H and O–H groups in total. The molecule has 4 rings (SSSR count). The van der Waals surface area contributed by atoms with Crippen molar-refractivity contribution in [3.63, 3.8) is 0 Å². The van der Waals surface area contributed by atoms with Gasteiger partial charge in [0.1, 0.15) is 0 Å². The lowest BCUT2D eigenvalue weighted by Crippen LogP contribution is -2.28. The number of amides is 1. The lowest BCUT2D eigenvalue weighted by molar-refractivity contribution is -0.114. The van der Waals surface area contributed by atoms with Crippen LogP contribution in [0.4, 0.5) is 5.69 Å². The highest BCUT2D eigenvalue weighted by Crippen LogP contribution is 2.25. The molecule has 120 valence electrons. The molecular weight excluding hydrogens is 298 g/mol. The second kappa shape index (κ2) is 5.96. The summed E-state index contributed by atoms with van der Waals surface area (Å²) in [5, 5.41) is 5.92. The van der Waals surface area contributed by atoms with Gasteiger partial charge in [-0.05, 0) is 36.6 Å². The molecule has 0 bridgehead atoms. The summed E-state index contributed by atoms with van der Waals surface area (Å²) in [6, 6.07) is 18.1. The largest absolute Gasteiger partial charge is 0.372 e. The minimum atomic E-state index is -0.0578. The summed E-state index contributed by atoms with van der Waals surface area (Å²) in [5.41, 5.74) is 4.98. The first-order valence-corrected chi connectivity index (χ1v) is 8.20. The van der Waals surface area contributed by atoms with Crippen LogP contribution in [0.1, 0.15) is 18.1 Å². The Balaban J connectivity index is 1.58. The lowest BCUT2D eigenvalue weighted by Gasteiger charge is -2.28. The minimum Gasteiger partial charge on any atom is -0.372 e. The predicted molar refractivity (Wildman–Crippen MR) is 95.7 cm³/mol. The third-order valence-corrected chi connectivity index (χ3v) is 4.54. The molecule has 2 heterocycles. The van der Waals surface area contributed by atoms with E-state index in [1.165, 1.54) is 16.1 Å². The van der Waals surface area contributed by atoms with Gasteiger partial charge in [0.05, 0.1) is 17.0 Å². The number of carbonyl (C=O) groups is 1. The van der Waals surface area contributed by atoms with Crippen molar-refractivity contribution in [2.24, 2.45) is 5.10 Å². The van der Waals surface area contributed by atoms with E-state index < -0.39 is 0 Å². The highest BCUT2D eigenvalue weighted by molar-refractivity contribution is 6.29. The first-order chi connectivity index (χ1) is 11.7. The number of fused-ring (bicyclic) bond motifs is 1. The Morgan fingerprint density at radius 1 is 1.00 bits per heavy atom. The third-order valence-electron chi connectivity index (χ3n) is 4.54. The number of hydrogen-bond donors (Lipinski definition) is 0. The molecule has 4 nitrogen and oxygen atoms in total. The van der Waals surface area contributed by atoms with E-state index in [1.807, 2.05) is 43.5 Å². The molecule has 0 spiro atoms. The van der Waals surface area contributed by atoms with Crippen LogP contribution in [-0.2, 0) is 17.8 Å². The number of carbonyl (C=O) groups excluding carboxylic acids is 1. The van der Waals surface area contributed by atoms with Crippen molar-refractivity contribution in [3.05, 3.63) is 77.5 Å². The van der Waals surface area contributed by atoms with E-state index >= 15 is 0 Å². The van der Waals surface area contributed by atoms with Gasteiger partial charge in [-0.3, -0.25) is 4.79 Å². The molecule has 1 amide bonds. The molecule has 2 aliphatic rings. The zero-order valence-electron chi connectivity index (χ0n) is 13.6. The molecule has 24 heavy (non-hydrogen) atoms. The maximum atomic E-state index is 12.8. The topological polar surface area (TPSA) is 35.9 Å². The Morgan fingerprint density at radius 3 is 2.50 bits per heavy atom. The van der Waals surface area contributed by atoms with Crippen LogP contribution in [0.15, 0.2) is 71.5 Å². The van der Waals surface area contributed by atoms with Gasteiger partial charge < -0.3 is 4.90 Å². The van der Waals surface area contributed by atoms with E-state index in [9.17, 15) is 4.79 Å². The number of rotatable bonds is 2. The van der Waals surface area contributed by atoms with Gasteiger partial charge in [0.15, 0.2) is 0 Å². The predicted octanol–water partition coefficient (Wildman–Crippen LogP) is 3.35. The summed E-state index contributed by atoms with van der Waals surface area (Å²) in [7, 11) is 0. The van der Waals surface area contributed by atoms with Crippen LogP contribution >= 0.6 is 0 Å². The fraction of sp³-hybridized carbons (Fsp3) is 0.200. The average Bonchev–Trinajstić information content (AvgIpc) is 2.90. The molecule has 0 atom stereocenters. The Bertz CT molecular complexity index is 839. The van der Waals surface area contributed by atoms with Gasteiger partial charge in [0, 0.05) is 19.3 Å². The van der Waals surface area contributed by atoms with E-state index in [4.69, 9.17) is 0 Å². The molecule has 0 fully saturated rings. The zero-order valence-corrected chi connectivity index (χ0v) is 13.6. The van der Waals surface area contributed by atoms with Gasteiger partial charge in [-0.2, -0.15) is 10.1 Å². The van der Waals surface area contributed by atoms with Crippen molar-refractivity contribution in [1.82, 2.24) is 4.90 Å². The fourth-order valence-corrected chi connectivity index (χ4v) is 3.22. The quantitative estimate of drug-likeness (QED) is 0.796. The first kappa shape index (κ1) is 14.7. The minimum absolute atomic E-state index is 0.0578. The number of nitrogens with zero attached hydrogens (tertiary/aromatic N) is 3. The van der Waals surface area contributed by atoms with E-state index in [0.29, 0.717) is 5.57 Å². The molecule has 0 unspecified atom stereocenters. The highest BCUT2D eigenvalue weighted by Gasteiger charge is 2.29. The van der Waals surface area contributed by atoms with Crippen LogP contribution in [-0.4, -0.2) is 23.1 Å². The van der Waals surface area contributed by atoms with Crippen molar-refractivity contribution >= 4 is 17.3 Å². The van der Waals surface area contributed by atoms with E-state index in [2.05, 4.69) is 34.3 Å². The smallest absolute Gasteiger partial charge is 0.282 e. The molecule has 0 aliphatic carbocycles. The fourth-order valence-electron chi connectivity index (χ4n) is 3.22. The van der Waals surface area contributed by atoms with Crippen LogP contribution in [0.3, 0.4) is 0 Å².